The minimum Gasteiger partial charge on any atom is -0.360 e. The first-order valence-electron chi connectivity index (χ1n) is 9.70. The second-order valence-electron chi connectivity index (χ2n) is 7.17. The summed E-state index contributed by atoms with van der Waals surface area (Å²) in [6, 6.07) is 10.4. The number of rotatable bonds is 7. The van der Waals surface area contributed by atoms with Crippen LogP contribution in [0.15, 0.2) is 34.9 Å². The quantitative estimate of drug-likeness (QED) is 0.762. The Balaban J connectivity index is 1.49. The third-order valence-electron chi connectivity index (χ3n) is 5.24. The standard InChI is InChI=1S/C21H29N3O2/c1-16-10-6-8-14-24(16)15-9-7-13-22-21(25)19-17(2)26-23-20(19)18-11-4-3-5-12-18/h3-5,11-12,16H,6-10,13-15H2,1-2H3,(H,22,25). The fourth-order valence-corrected chi connectivity index (χ4v) is 3.65. The van der Waals surface area contributed by atoms with E-state index in [4.69, 9.17) is 4.52 Å². The number of nitrogens with zero attached hydrogens (tertiary/aromatic N) is 2. The summed E-state index contributed by atoms with van der Waals surface area (Å²) in [5.74, 6) is 0.456. The highest BCUT2D eigenvalue weighted by Gasteiger charge is 2.21. The van der Waals surface area contributed by atoms with Crippen LogP contribution in [0.25, 0.3) is 11.3 Å². The van der Waals surface area contributed by atoms with E-state index < -0.39 is 0 Å². The van der Waals surface area contributed by atoms with Crippen LogP contribution in [-0.2, 0) is 0 Å². The van der Waals surface area contributed by atoms with Crippen molar-refractivity contribution in [2.75, 3.05) is 19.6 Å². The van der Waals surface area contributed by atoms with Gasteiger partial charge in [-0.3, -0.25) is 4.79 Å². The van der Waals surface area contributed by atoms with Gasteiger partial charge in [-0.05, 0) is 52.6 Å². The number of amides is 1. The Labute approximate surface area is 155 Å². The maximum absolute atomic E-state index is 12.6. The number of unbranched alkanes of at least 4 members (excludes halogenated alkanes) is 1. The number of aromatic nitrogens is 1. The molecule has 26 heavy (non-hydrogen) atoms. The highest BCUT2D eigenvalue weighted by Crippen LogP contribution is 2.24. The Hall–Kier alpha value is -2.14. The number of carbonyl (C=O) groups is 1. The highest BCUT2D eigenvalue weighted by atomic mass is 16.5. The molecule has 2 aromatic rings. The van der Waals surface area contributed by atoms with E-state index in [0.29, 0.717) is 29.6 Å². The lowest BCUT2D eigenvalue weighted by molar-refractivity contribution is 0.0950. The topological polar surface area (TPSA) is 58.4 Å². The molecule has 2 heterocycles. The molecule has 1 atom stereocenters. The van der Waals surface area contributed by atoms with Crippen molar-refractivity contribution in [1.82, 2.24) is 15.4 Å². The van der Waals surface area contributed by atoms with Crippen LogP contribution in [0.5, 0.6) is 0 Å². The molecule has 140 valence electrons. The molecule has 0 aliphatic carbocycles. The lowest BCUT2D eigenvalue weighted by Gasteiger charge is -2.33. The predicted octanol–water partition coefficient (Wildman–Crippen LogP) is 4.03. The Morgan fingerprint density at radius 1 is 1.27 bits per heavy atom. The molecule has 1 unspecified atom stereocenters. The molecule has 3 rings (SSSR count). The van der Waals surface area contributed by atoms with E-state index in [-0.39, 0.29) is 5.91 Å². The van der Waals surface area contributed by atoms with Crippen molar-refractivity contribution in [3.8, 4) is 11.3 Å². The fourth-order valence-electron chi connectivity index (χ4n) is 3.65. The molecule has 1 saturated heterocycles. The van der Waals surface area contributed by atoms with E-state index in [0.717, 1.165) is 24.9 Å². The van der Waals surface area contributed by atoms with Crippen LogP contribution >= 0.6 is 0 Å². The van der Waals surface area contributed by atoms with Gasteiger partial charge >= 0.3 is 0 Å². The maximum atomic E-state index is 12.6. The SMILES string of the molecule is Cc1onc(-c2ccccc2)c1C(=O)NCCCCN1CCCCC1C. The molecule has 0 radical (unpaired) electrons. The summed E-state index contributed by atoms with van der Waals surface area (Å²) >= 11 is 0. The second kappa shape index (κ2) is 8.99. The molecular formula is C21H29N3O2. The van der Waals surface area contributed by atoms with E-state index in [1.807, 2.05) is 30.3 Å². The van der Waals surface area contributed by atoms with Crippen LogP contribution in [0.3, 0.4) is 0 Å². The van der Waals surface area contributed by atoms with Crippen LogP contribution in [0.1, 0.15) is 55.1 Å². The van der Waals surface area contributed by atoms with E-state index in [9.17, 15) is 4.79 Å². The summed E-state index contributed by atoms with van der Waals surface area (Å²) in [5, 5.41) is 7.11. The zero-order chi connectivity index (χ0) is 18.4. The Bertz CT molecular complexity index is 711. The molecule has 1 fully saturated rings. The van der Waals surface area contributed by atoms with Gasteiger partial charge in [-0.25, -0.2) is 0 Å². The zero-order valence-electron chi connectivity index (χ0n) is 15.8. The van der Waals surface area contributed by atoms with Crippen LogP contribution in [0, 0.1) is 6.92 Å². The summed E-state index contributed by atoms with van der Waals surface area (Å²) < 4.78 is 5.27. The van der Waals surface area contributed by atoms with Crippen molar-refractivity contribution >= 4 is 5.91 Å². The van der Waals surface area contributed by atoms with Crippen LogP contribution in [-0.4, -0.2) is 41.6 Å². The molecule has 1 aromatic carbocycles. The predicted molar refractivity (Wildman–Crippen MR) is 103 cm³/mol. The number of hydrogen-bond acceptors (Lipinski definition) is 4. The molecule has 1 amide bonds. The first-order chi connectivity index (χ1) is 12.7. The zero-order valence-corrected chi connectivity index (χ0v) is 15.8. The lowest BCUT2D eigenvalue weighted by atomic mass is 10.0. The monoisotopic (exact) mass is 355 g/mol. The summed E-state index contributed by atoms with van der Waals surface area (Å²) in [6.45, 7) is 7.12. The smallest absolute Gasteiger partial charge is 0.257 e. The van der Waals surface area contributed by atoms with Crippen molar-refractivity contribution < 1.29 is 9.32 Å². The number of piperidine rings is 1. The number of hydrogen-bond donors (Lipinski definition) is 1. The Morgan fingerprint density at radius 2 is 2.08 bits per heavy atom. The number of likely N-dealkylation sites (tertiary alicyclic amines) is 1. The van der Waals surface area contributed by atoms with Gasteiger partial charge in [0.1, 0.15) is 17.0 Å². The lowest BCUT2D eigenvalue weighted by Crippen LogP contribution is -2.38. The van der Waals surface area contributed by atoms with Crippen molar-refractivity contribution in [2.24, 2.45) is 0 Å². The van der Waals surface area contributed by atoms with Crippen LogP contribution < -0.4 is 5.32 Å². The van der Waals surface area contributed by atoms with Crippen molar-refractivity contribution in [2.45, 2.75) is 52.0 Å². The second-order valence-corrected chi connectivity index (χ2v) is 7.17. The fraction of sp³-hybridized carbons (Fsp3) is 0.524. The number of carbonyl (C=O) groups excluding carboxylic acids is 1. The summed E-state index contributed by atoms with van der Waals surface area (Å²) in [7, 11) is 0. The van der Waals surface area contributed by atoms with Gasteiger partial charge < -0.3 is 14.7 Å². The Kier molecular flexibility index (Phi) is 6.45. The molecule has 1 aromatic heterocycles. The third-order valence-corrected chi connectivity index (χ3v) is 5.24. The summed E-state index contributed by atoms with van der Waals surface area (Å²) in [4.78, 5) is 15.2. The Morgan fingerprint density at radius 3 is 2.85 bits per heavy atom. The van der Waals surface area contributed by atoms with Gasteiger partial charge in [0.05, 0.1) is 0 Å². The summed E-state index contributed by atoms with van der Waals surface area (Å²) in [5.41, 5.74) is 2.05. The highest BCUT2D eigenvalue weighted by molar-refractivity contribution is 6.00. The van der Waals surface area contributed by atoms with Crippen LogP contribution in [0.2, 0.25) is 0 Å². The molecule has 1 aliphatic rings. The van der Waals surface area contributed by atoms with Gasteiger partial charge in [-0.15, -0.1) is 0 Å². The molecule has 5 heteroatoms. The molecule has 5 nitrogen and oxygen atoms in total. The minimum absolute atomic E-state index is 0.103. The van der Waals surface area contributed by atoms with Gasteiger partial charge in [0.2, 0.25) is 0 Å². The maximum Gasteiger partial charge on any atom is 0.257 e. The first kappa shape index (κ1) is 18.6. The third kappa shape index (κ3) is 4.52. The summed E-state index contributed by atoms with van der Waals surface area (Å²) in [6.07, 6.45) is 6.08. The van der Waals surface area contributed by atoms with Gasteiger partial charge in [0, 0.05) is 18.2 Å². The van der Waals surface area contributed by atoms with E-state index in [2.05, 4.69) is 22.3 Å². The minimum atomic E-state index is -0.103. The van der Waals surface area contributed by atoms with Gasteiger partial charge in [0.25, 0.3) is 5.91 Å². The molecule has 0 bridgehead atoms. The molecule has 1 N–H and O–H groups in total. The van der Waals surface area contributed by atoms with E-state index >= 15 is 0 Å². The van der Waals surface area contributed by atoms with Crippen molar-refractivity contribution in [1.29, 1.82) is 0 Å². The number of aryl methyl sites for hydroxylation is 1. The average Bonchev–Trinajstić information content (AvgIpc) is 3.05. The average molecular weight is 355 g/mol. The number of benzene rings is 1. The van der Waals surface area contributed by atoms with Crippen molar-refractivity contribution in [3.63, 3.8) is 0 Å². The largest absolute Gasteiger partial charge is 0.360 e. The van der Waals surface area contributed by atoms with Gasteiger partial charge in [-0.1, -0.05) is 41.9 Å². The normalized spacial score (nSPS) is 18.0. The van der Waals surface area contributed by atoms with Gasteiger partial charge in [0.15, 0.2) is 0 Å². The molecule has 1 aliphatic heterocycles. The molecule has 0 spiro atoms. The van der Waals surface area contributed by atoms with Crippen molar-refractivity contribution in [3.05, 3.63) is 41.7 Å². The number of nitrogens with one attached hydrogen (secondary N) is 1. The molecule has 0 saturated carbocycles. The van der Waals surface area contributed by atoms with E-state index in [1.165, 1.54) is 25.8 Å². The van der Waals surface area contributed by atoms with Gasteiger partial charge in [-0.2, -0.15) is 0 Å². The molecular weight excluding hydrogens is 326 g/mol. The van der Waals surface area contributed by atoms with E-state index in [1.54, 1.807) is 6.92 Å². The first-order valence-corrected chi connectivity index (χ1v) is 9.70. The van der Waals surface area contributed by atoms with Crippen LogP contribution in [0.4, 0.5) is 0 Å².